The molecule has 1 aromatic carbocycles. The summed E-state index contributed by atoms with van der Waals surface area (Å²) in [6.45, 7) is 6.84. The Balaban J connectivity index is 1.90. The number of phenols is 1. The van der Waals surface area contributed by atoms with Crippen molar-refractivity contribution in [3.05, 3.63) is 30.0 Å². The van der Waals surface area contributed by atoms with Gasteiger partial charge in [-0.2, -0.15) is 0 Å². The lowest BCUT2D eigenvalue weighted by atomic mass is 9.98. The summed E-state index contributed by atoms with van der Waals surface area (Å²) in [7, 11) is 0. The molecule has 0 fully saturated rings. The van der Waals surface area contributed by atoms with E-state index in [-0.39, 0.29) is 17.6 Å². The fourth-order valence-electron chi connectivity index (χ4n) is 2.68. The number of aromatic hydroxyl groups is 1. The monoisotopic (exact) mass is 288 g/mol. The van der Waals surface area contributed by atoms with Crippen LogP contribution in [0.2, 0.25) is 0 Å². The molecule has 1 atom stereocenters. The largest absolute Gasteiger partial charge is 0.508 e. The van der Waals surface area contributed by atoms with E-state index >= 15 is 0 Å². The van der Waals surface area contributed by atoms with Gasteiger partial charge < -0.3 is 15.4 Å². The van der Waals surface area contributed by atoms with Gasteiger partial charge in [0.05, 0.1) is 0 Å². The van der Waals surface area contributed by atoms with E-state index in [9.17, 15) is 9.90 Å². The van der Waals surface area contributed by atoms with Crippen molar-refractivity contribution in [3.8, 4) is 5.75 Å². The molecule has 1 heterocycles. The van der Waals surface area contributed by atoms with Gasteiger partial charge in [-0.15, -0.1) is 0 Å². The summed E-state index contributed by atoms with van der Waals surface area (Å²) in [5, 5.41) is 13.6. The molecule has 0 saturated carbocycles. The van der Waals surface area contributed by atoms with E-state index in [1.54, 1.807) is 12.1 Å². The smallest absolute Gasteiger partial charge is 0.222 e. The van der Waals surface area contributed by atoms with Crippen molar-refractivity contribution >= 4 is 16.8 Å². The number of hydrogen-bond donors (Lipinski definition) is 3. The molecule has 0 aliphatic carbocycles. The third-order valence-electron chi connectivity index (χ3n) is 3.72. The maximum Gasteiger partial charge on any atom is 0.222 e. The molecule has 3 N–H and O–H groups in total. The van der Waals surface area contributed by atoms with E-state index in [1.165, 1.54) is 0 Å². The van der Waals surface area contributed by atoms with Gasteiger partial charge in [-0.25, -0.2) is 0 Å². The number of aromatic nitrogens is 1. The normalized spacial score (nSPS) is 12.8. The van der Waals surface area contributed by atoms with Gasteiger partial charge in [-0.1, -0.05) is 20.8 Å². The summed E-state index contributed by atoms with van der Waals surface area (Å²) >= 11 is 0. The Hall–Kier alpha value is -1.97. The van der Waals surface area contributed by atoms with Crippen LogP contribution >= 0.6 is 0 Å². The maximum absolute atomic E-state index is 12.0. The van der Waals surface area contributed by atoms with Gasteiger partial charge in [-0.3, -0.25) is 4.79 Å². The Morgan fingerprint density at radius 3 is 2.81 bits per heavy atom. The highest BCUT2D eigenvalue weighted by molar-refractivity contribution is 5.84. The molecule has 0 spiro atoms. The van der Waals surface area contributed by atoms with Gasteiger partial charge in [-0.05, 0) is 42.5 Å². The molecule has 1 aromatic heterocycles. The van der Waals surface area contributed by atoms with Crippen LogP contribution in [0.5, 0.6) is 5.75 Å². The summed E-state index contributed by atoms with van der Waals surface area (Å²) < 4.78 is 0. The first-order valence-electron chi connectivity index (χ1n) is 7.54. The summed E-state index contributed by atoms with van der Waals surface area (Å²) in [6.07, 6.45) is 3.60. The van der Waals surface area contributed by atoms with Crippen LogP contribution in [0, 0.1) is 11.8 Å². The number of amides is 1. The van der Waals surface area contributed by atoms with E-state index < -0.39 is 0 Å². The first kappa shape index (κ1) is 15.4. The predicted octanol–water partition coefficient (Wildman–Crippen LogP) is 3.21. The molecule has 4 heteroatoms. The van der Waals surface area contributed by atoms with Gasteiger partial charge in [0.25, 0.3) is 0 Å². The van der Waals surface area contributed by atoms with Gasteiger partial charge in [0.15, 0.2) is 0 Å². The number of benzene rings is 1. The van der Waals surface area contributed by atoms with E-state index in [4.69, 9.17) is 0 Å². The number of H-pyrrole nitrogens is 1. The molecule has 0 aliphatic rings. The Labute approximate surface area is 125 Å². The van der Waals surface area contributed by atoms with E-state index in [0.29, 0.717) is 12.5 Å². The Bertz CT molecular complexity index is 616. The van der Waals surface area contributed by atoms with Crippen LogP contribution in [0.3, 0.4) is 0 Å². The molecule has 4 nitrogen and oxygen atoms in total. The van der Waals surface area contributed by atoms with E-state index in [1.807, 2.05) is 19.2 Å². The van der Waals surface area contributed by atoms with Crippen LogP contribution in [0.15, 0.2) is 24.4 Å². The molecule has 2 aromatic rings. The average molecular weight is 288 g/mol. The molecule has 0 aliphatic heterocycles. The highest BCUT2D eigenvalue weighted by Gasteiger charge is 2.14. The second kappa shape index (κ2) is 6.66. The molecule has 1 unspecified atom stereocenters. The number of hydrogen-bond acceptors (Lipinski definition) is 2. The van der Waals surface area contributed by atoms with Crippen LogP contribution in [-0.2, 0) is 11.2 Å². The Morgan fingerprint density at radius 2 is 2.10 bits per heavy atom. The van der Waals surface area contributed by atoms with Crippen molar-refractivity contribution in [2.75, 3.05) is 6.54 Å². The van der Waals surface area contributed by atoms with Gasteiger partial charge in [0.1, 0.15) is 5.75 Å². The van der Waals surface area contributed by atoms with Crippen LogP contribution in [-0.4, -0.2) is 22.5 Å². The first-order chi connectivity index (χ1) is 9.97. The third-order valence-corrected chi connectivity index (χ3v) is 3.72. The molecule has 0 saturated heterocycles. The fraction of sp³-hybridized carbons (Fsp3) is 0.471. The minimum absolute atomic E-state index is 0.0528. The van der Waals surface area contributed by atoms with Crippen molar-refractivity contribution < 1.29 is 9.90 Å². The van der Waals surface area contributed by atoms with Crippen molar-refractivity contribution in [3.63, 3.8) is 0 Å². The second-order valence-corrected chi connectivity index (χ2v) is 6.12. The lowest BCUT2D eigenvalue weighted by Gasteiger charge is -2.13. The molecule has 114 valence electrons. The molecular weight excluding hydrogens is 264 g/mol. The van der Waals surface area contributed by atoms with Crippen LogP contribution < -0.4 is 5.32 Å². The van der Waals surface area contributed by atoms with Crippen LogP contribution in [0.1, 0.15) is 32.8 Å². The highest BCUT2D eigenvalue weighted by Crippen LogP contribution is 2.23. The number of nitrogens with one attached hydrogen (secondary N) is 2. The first-order valence-corrected chi connectivity index (χ1v) is 7.54. The summed E-state index contributed by atoms with van der Waals surface area (Å²) in [6, 6.07) is 5.28. The zero-order valence-corrected chi connectivity index (χ0v) is 12.9. The number of carbonyl (C=O) groups is 1. The highest BCUT2D eigenvalue weighted by atomic mass is 16.3. The van der Waals surface area contributed by atoms with Gasteiger partial charge in [0.2, 0.25) is 5.91 Å². The molecule has 2 rings (SSSR count). The quantitative estimate of drug-likeness (QED) is 0.764. The number of rotatable bonds is 6. The predicted molar refractivity (Wildman–Crippen MR) is 85.3 cm³/mol. The lowest BCUT2D eigenvalue weighted by molar-refractivity contribution is -0.124. The molecule has 0 bridgehead atoms. The minimum Gasteiger partial charge on any atom is -0.508 e. The van der Waals surface area contributed by atoms with E-state index in [2.05, 4.69) is 24.1 Å². The fourth-order valence-corrected chi connectivity index (χ4v) is 2.68. The van der Waals surface area contributed by atoms with Crippen LogP contribution in [0.25, 0.3) is 10.9 Å². The zero-order chi connectivity index (χ0) is 15.4. The van der Waals surface area contributed by atoms with Gasteiger partial charge in [0, 0.05) is 29.6 Å². The zero-order valence-electron chi connectivity index (χ0n) is 12.9. The van der Waals surface area contributed by atoms with Crippen molar-refractivity contribution in [2.24, 2.45) is 11.8 Å². The van der Waals surface area contributed by atoms with Crippen molar-refractivity contribution in [2.45, 2.75) is 33.6 Å². The maximum atomic E-state index is 12.0. The molecular formula is C17H24N2O2. The van der Waals surface area contributed by atoms with Crippen LogP contribution in [0.4, 0.5) is 0 Å². The number of phenolic OH excluding ortho intramolecular Hbond substituents is 1. The lowest BCUT2D eigenvalue weighted by Crippen LogP contribution is -2.31. The van der Waals surface area contributed by atoms with E-state index in [0.717, 1.165) is 29.3 Å². The Morgan fingerprint density at radius 1 is 1.33 bits per heavy atom. The summed E-state index contributed by atoms with van der Waals surface area (Å²) in [5.41, 5.74) is 2.11. The number of fused-ring (bicyclic) bond motifs is 1. The molecule has 1 amide bonds. The van der Waals surface area contributed by atoms with Crippen molar-refractivity contribution in [1.82, 2.24) is 10.3 Å². The molecule has 21 heavy (non-hydrogen) atoms. The number of carbonyl (C=O) groups excluding carboxylic acids is 1. The van der Waals surface area contributed by atoms with Gasteiger partial charge >= 0.3 is 0 Å². The second-order valence-electron chi connectivity index (χ2n) is 6.12. The molecule has 0 radical (unpaired) electrons. The average Bonchev–Trinajstić information content (AvgIpc) is 2.80. The van der Waals surface area contributed by atoms with Crippen molar-refractivity contribution in [1.29, 1.82) is 0 Å². The Kier molecular flexibility index (Phi) is 4.89. The summed E-state index contributed by atoms with van der Waals surface area (Å²) in [4.78, 5) is 15.1. The SMILES string of the molecule is CC(C)CC(C)C(=O)NCCc1c[nH]c2ccc(O)cc12. The number of aromatic amines is 1. The topological polar surface area (TPSA) is 65.1 Å². The minimum atomic E-state index is 0.0528. The third kappa shape index (κ3) is 4.00. The standard InChI is InChI=1S/C17H24N2O2/c1-11(2)8-12(3)17(21)18-7-6-13-10-19-16-5-4-14(20)9-15(13)16/h4-5,9-12,19-20H,6-8H2,1-3H3,(H,18,21). The summed E-state index contributed by atoms with van der Waals surface area (Å²) in [5.74, 6) is 0.962.